The fraction of sp³-hybridized carbons (Fsp3) is 0.231. The first-order valence-corrected chi connectivity index (χ1v) is 12.1. The molecule has 0 saturated carbocycles. The predicted molar refractivity (Wildman–Crippen MR) is 136 cm³/mol. The van der Waals surface area contributed by atoms with Crippen LogP contribution in [0.15, 0.2) is 69.6 Å². The van der Waals surface area contributed by atoms with Crippen molar-refractivity contribution >= 4 is 33.1 Å². The molecule has 0 spiro atoms. The van der Waals surface area contributed by atoms with Gasteiger partial charge in [0.2, 0.25) is 5.78 Å². The van der Waals surface area contributed by atoms with Crippen LogP contribution in [-0.4, -0.2) is 31.6 Å². The summed E-state index contributed by atoms with van der Waals surface area (Å²) in [6.07, 6.45) is 0. The minimum atomic E-state index is -0.469. The Kier molecular flexibility index (Phi) is 5.86. The van der Waals surface area contributed by atoms with Crippen molar-refractivity contribution in [3.8, 4) is 5.75 Å². The van der Waals surface area contributed by atoms with Gasteiger partial charge >= 0.3 is 5.69 Å². The quantitative estimate of drug-likeness (QED) is 0.324. The molecule has 5 aromatic rings. The topological polar surface area (TPSA) is 87.6 Å². The third kappa shape index (κ3) is 4.08. The van der Waals surface area contributed by atoms with E-state index in [4.69, 9.17) is 4.74 Å². The number of hydrogen-bond donors (Lipinski definition) is 0. The molecule has 0 saturated heterocycles. The molecule has 35 heavy (non-hydrogen) atoms. The first kappa shape index (κ1) is 22.8. The summed E-state index contributed by atoms with van der Waals surface area (Å²) in [5, 5.41) is 6.21. The second kappa shape index (κ2) is 8.99. The van der Waals surface area contributed by atoms with E-state index in [1.165, 1.54) is 33.0 Å². The highest BCUT2D eigenvalue weighted by Gasteiger charge is 2.20. The number of carbonyl (C=O) groups excluding carboxylic acids is 1. The van der Waals surface area contributed by atoms with Gasteiger partial charge in [0.25, 0.3) is 5.56 Å². The SMILES string of the molecule is COc1cccc(C(=O)Cn2nc3n(Cc4ccc(C(C)C)cc4)c(=O)c4sccc4n3c2=O)c1. The molecule has 5 rings (SSSR count). The lowest BCUT2D eigenvalue weighted by molar-refractivity contribution is 0.0966. The number of ether oxygens (including phenoxy) is 1. The van der Waals surface area contributed by atoms with Crippen LogP contribution in [0.3, 0.4) is 0 Å². The lowest BCUT2D eigenvalue weighted by atomic mass is 10.0. The molecule has 0 unspecified atom stereocenters. The number of carbonyl (C=O) groups is 1. The molecule has 0 aliphatic carbocycles. The molecule has 0 amide bonds. The molecule has 0 aliphatic heterocycles. The van der Waals surface area contributed by atoms with Crippen LogP contribution in [0, 0.1) is 0 Å². The summed E-state index contributed by atoms with van der Waals surface area (Å²) in [6, 6.07) is 16.5. The Labute approximate surface area is 204 Å². The Morgan fingerprint density at radius 2 is 1.86 bits per heavy atom. The summed E-state index contributed by atoms with van der Waals surface area (Å²) < 4.78 is 9.69. The lowest BCUT2D eigenvalue weighted by Crippen LogP contribution is -2.27. The van der Waals surface area contributed by atoms with Gasteiger partial charge in [-0.2, -0.15) is 0 Å². The van der Waals surface area contributed by atoms with E-state index in [0.717, 1.165) is 10.2 Å². The number of hydrogen-bond acceptors (Lipinski definition) is 6. The van der Waals surface area contributed by atoms with Crippen LogP contribution in [0.4, 0.5) is 0 Å². The van der Waals surface area contributed by atoms with E-state index in [0.29, 0.717) is 27.4 Å². The Balaban J connectivity index is 1.60. The Morgan fingerprint density at radius 1 is 1.09 bits per heavy atom. The highest BCUT2D eigenvalue weighted by molar-refractivity contribution is 7.17. The maximum absolute atomic E-state index is 13.3. The first-order valence-electron chi connectivity index (χ1n) is 11.2. The van der Waals surface area contributed by atoms with E-state index in [1.807, 2.05) is 24.3 Å². The van der Waals surface area contributed by atoms with Crippen molar-refractivity contribution < 1.29 is 9.53 Å². The van der Waals surface area contributed by atoms with Gasteiger partial charge in [-0.05, 0) is 40.6 Å². The van der Waals surface area contributed by atoms with Crippen molar-refractivity contribution in [2.45, 2.75) is 32.9 Å². The zero-order valence-electron chi connectivity index (χ0n) is 19.6. The van der Waals surface area contributed by atoms with Gasteiger partial charge in [0.15, 0.2) is 5.78 Å². The van der Waals surface area contributed by atoms with Crippen LogP contribution in [0.25, 0.3) is 16.0 Å². The molecule has 178 valence electrons. The fourth-order valence-corrected chi connectivity index (χ4v) is 4.92. The number of benzene rings is 2. The van der Waals surface area contributed by atoms with Gasteiger partial charge in [-0.25, -0.2) is 13.9 Å². The standard InChI is InChI=1S/C26H24N4O4S/c1-16(2)18-9-7-17(8-10-18)14-28-24(32)23-21(11-12-35-23)30-25(28)27-29(26(30)33)15-22(31)19-5-4-6-20(13-19)34-3/h4-13,16H,14-15H2,1-3H3. The number of fused-ring (bicyclic) bond motifs is 3. The van der Waals surface area contributed by atoms with E-state index in [9.17, 15) is 14.4 Å². The number of ketones is 1. The maximum atomic E-state index is 13.3. The van der Waals surface area contributed by atoms with Gasteiger partial charge < -0.3 is 4.74 Å². The Morgan fingerprint density at radius 3 is 2.57 bits per heavy atom. The Bertz CT molecular complexity index is 1670. The molecular formula is C26H24N4O4S. The lowest BCUT2D eigenvalue weighted by Gasteiger charge is -2.10. The molecular weight excluding hydrogens is 464 g/mol. The van der Waals surface area contributed by atoms with Crippen molar-refractivity contribution in [3.05, 3.63) is 97.5 Å². The van der Waals surface area contributed by atoms with Crippen molar-refractivity contribution in [2.24, 2.45) is 0 Å². The first-order chi connectivity index (χ1) is 16.9. The van der Waals surface area contributed by atoms with Crippen LogP contribution in [0.2, 0.25) is 0 Å². The summed E-state index contributed by atoms with van der Waals surface area (Å²) in [4.78, 5) is 39.6. The van der Waals surface area contributed by atoms with Gasteiger partial charge in [0.1, 0.15) is 17.0 Å². The van der Waals surface area contributed by atoms with Crippen LogP contribution in [-0.2, 0) is 13.1 Å². The monoisotopic (exact) mass is 488 g/mol. The fourth-order valence-electron chi connectivity index (χ4n) is 4.09. The zero-order valence-corrected chi connectivity index (χ0v) is 20.4. The van der Waals surface area contributed by atoms with E-state index in [2.05, 4.69) is 18.9 Å². The molecule has 0 atom stereocenters. The third-order valence-electron chi connectivity index (χ3n) is 6.06. The van der Waals surface area contributed by atoms with Crippen molar-refractivity contribution in [3.63, 3.8) is 0 Å². The Hall–Kier alpha value is -3.98. The van der Waals surface area contributed by atoms with Crippen LogP contribution < -0.4 is 16.0 Å². The molecule has 0 radical (unpaired) electrons. The van der Waals surface area contributed by atoms with Crippen molar-refractivity contribution in [2.75, 3.05) is 7.11 Å². The minimum absolute atomic E-state index is 0.206. The van der Waals surface area contributed by atoms with Crippen LogP contribution in [0.5, 0.6) is 5.75 Å². The number of rotatable bonds is 7. The zero-order chi connectivity index (χ0) is 24.7. The third-order valence-corrected chi connectivity index (χ3v) is 6.95. The summed E-state index contributed by atoms with van der Waals surface area (Å²) in [5.74, 6) is 0.874. The van der Waals surface area contributed by atoms with Gasteiger partial charge in [0, 0.05) is 5.56 Å². The van der Waals surface area contributed by atoms with E-state index in [-0.39, 0.29) is 30.2 Å². The van der Waals surface area contributed by atoms with E-state index in [1.54, 1.807) is 35.7 Å². The van der Waals surface area contributed by atoms with Gasteiger partial charge in [-0.1, -0.05) is 50.2 Å². The maximum Gasteiger partial charge on any atom is 0.352 e. The molecule has 0 N–H and O–H groups in total. The van der Waals surface area contributed by atoms with E-state index < -0.39 is 5.69 Å². The number of thiophene rings is 1. The summed E-state index contributed by atoms with van der Waals surface area (Å²) in [7, 11) is 1.53. The normalized spacial score (nSPS) is 11.5. The number of Topliss-reactive ketones (excluding diaryl/α,β-unsaturated/α-hetero) is 1. The number of nitrogens with zero attached hydrogens (tertiary/aromatic N) is 4. The molecule has 2 aromatic carbocycles. The van der Waals surface area contributed by atoms with Gasteiger partial charge in [-0.3, -0.25) is 14.2 Å². The second-order valence-electron chi connectivity index (χ2n) is 8.65. The second-order valence-corrected chi connectivity index (χ2v) is 9.57. The minimum Gasteiger partial charge on any atom is -0.497 e. The number of methoxy groups -OCH3 is 1. The molecule has 0 aliphatic rings. The van der Waals surface area contributed by atoms with Crippen LogP contribution >= 0.6 is 11.3 Å². The smallest absolute Gasteiger partial charge is 0.352 e. The molecule has 3 aromatic heterocycles. The molecule has 9 heteroatoms. The summed E-state index contributed by atoms with van der Waals surface area (Å²) >= 11 is 1.28. The summed E-state index contributed by atoms with van der Waals surface area (Å²) in [5.41, 5.74) is 2.35. The molecule has 0 fully saturated rings. The average Bonchev–Trinajstić information content (AvgIpc) is 3.47. The number of aromatic nitrogens is 4. The highest BCUT2D eigenvalue weighted by atomic mass is 32.1. The average molecular weight is 489 g/mol. The van der Waals surface area contributed by atoms with Crippen molar-refractivity contribution in [1.29, 1.82) is 0 Å². The largest absolute Gasteiger partial charge is 0.497 e. The molecule has 8 nitrogen and oxygen atoms in total. The van der Waals surface area contributed by atoms with Crippen LogP contribution in [0.1, 0.15) is 41.3 Å². The van der Waals surface area contributed by atoms with E-state index >= 15 is 0 Å². The highest BCUT2D eigenvalue weighted by Crippen LogP contribution is 2.19. The van der Waals surface area contributed by atoms with Gasteiger partial charge in [-0.15, -0.1) is 16.4 Å². The molecule has 0 bridgehead atoms. The predicted octanol–water partition coefficient (Wildman–Crippen LogP) is 3.94. The summed E-state index contributed by atoms with van der Waals surface area (Å²) in [6.45, 7) is 4.25. The molecule has 3 heterocycles. The van der Waals surface area contributed by atoms with Gasteiger partial charge in [0.05, 0.1) is 19.2 Å². The van der Waals surface area contributed by atoms with Crippen molar-refractivity contribution in [1.82, 2.24) is 18.7 Å².